The van der Waals surface area contributed by atoms with E-state index < -0.39 is 0 Å². The number of carbonyl (C=O) groups excluding carboxylic acids is 1. The third-order valence-corrected chi connectivity index (χ3v) is 2.97. The normalized spacial score (nSPS) is 10.3. The van der Waals surface area contributed by atoms with E-state index in [2.05, 4.69) is 9.97 Å². The Bertz CT molecular complexity index is 491. The van der Waals surface area contributed by atoms with Gasteiger partial charge in [0.2, 0.25) is 0 Å². The molecule has 15 heavy (non-hydrogen) atoms. The molecule has 0 fully saturated rings. The third-order valence-electron chi connectivity index (χ3n) is 2.10. The Kier molecular flexibility index (Phi) is 2.60. The lowest BCUT2D eigenvalue weighted by Crippen LogP contribution is -2.01. The molecule has 0 spiro atoms. The molecule has 2 rings (SSSR count). The van der Waals surface area contributed by atoms with Crippen LogP contribution in [-0.2, 0) is 0 Å². The number of aryl methyl sites for hydroxylation is 1. The van der Waals surface area contributed by atoms with Gasteiger partial charge in [-0.05, 0) is 25.3 Å². The van der Waals surface area contributed by atoms with Gasteiger partial charge in [-0.2, -0.15) is 0 Å². The van der Waals surface area contributed by atoms with Gasteiger partial charge in [-0.15, -0.1) is 11.3 Å². The molecule has 0 saturated carbocycles. The van der Waals surface area contributed by atoms with Gasteiger partial charge in [0, 0.05) is 6.20 Å². The van der Waals surface area contributed by atoms with E-state index in [1.807, 2.05) is 24.4 Å². The van der Waals surface area contributed by atoms with E-state index in [4.69, 9.17) is 0 Å². The summed E-state index contributed by atoms with van der Waals surface area (Å²) in [5.74, 6) is 0.692. The average Bonchev–Trinajstić information content (AvgIpc) is 2.69. The van der Waals surface area contributed by atoms with E-state index in [0.717, 1.165) is 10.6 Å². The summed E-state index contributed by atoms with van der Waals surface area (Å²) >= 11 is 1.59. The molecule has 0 aliphatic carbocycles. The number of hydrogen-bond donors (Lipinski definition) is 0. The van der Waals surface area contributed by atoms with Crippen LogP contribution in [0.2, 0.25) is 0 Å². The summed E-state index contributed by atoms with van der Waals surface area (Å²) in [4.78, 5) is 20.7. The summed E-state index contributed by atoms with van der Waals surface area (Å²) in [6.07, 6.45) is 1.60. The van der Waals surface area contributed by atoms with Crippen LogP contribution in [0.15, 0.2) is 23.7 Å². The Labute approximate surface area is 91.8 Å². The molecule has 2 aromatic heterocycles. The SMILES string of the molecule is CC(=O)c1cnc(-c2cccs2)nc1C. The Morgan fingerprint density at radius 2 is 2.27 bits per heavy atom. The Morgan fingerprint density at radius 3 is 2.80 bits per heavy atom. The zero-order valence-electron chi connectivity index (χ0n) is 8.52. The van der Waals surface area contributed by atoms with E-state index in [1.54, 1.807) is 17.5 Å². The Balaban J connectivity index is 2.47. The van der Waals surface area contributed by atoms with Crippen LogP contribution in [0.1, 0.15) is 23.0 Å². The molecule has 76 valence electrons. The summed E-state index contributed by atoms with van der Waals surface area (Å²) in [7, 11) is 0. The second kappa shape index (κ2) is 3.90. The molecule has 0 bridgehead atoms. The van der Waals surface area contributed by atoms with E-state index >= 15 is 0 Å². The Morgan fingerprint density at radius 1 is 1.47 bits per heavy atom. The van der Waals surface area contributed by atoms with Crippen LogP contribution >= 0.6 is 11.3 Å². The van der Waals surface area contributed by atoms with E-state index in [-0.39, 0.29) is 5.78 Å². The van der Waals surface area contributed by atoms with Crippen molar-refractivity contribution < 1.29 is 4.79 Å². The summed E-state index contributed by atoms with van der Waals surface area (Å²) in [6.45, 7) is 3.35. The number of thiophene rings is 1. The van der Waals surface area contributed by atoms with Crippen molar-refractivity contribution in [2.45, 2.75) is 13.8 Å². The second-order valence-corrected chi connectivity index (χ2v) is 4.17. The predicted octanol–water partition coefficient (Wildman–Crippen LogP) is 2.72. The zero-order chi connectivity index (χ0) is 10.8. The predicted molar refractivity (Wildman–Crippen MR) is 60.1 cm³/mol. The molecule has 2 aromatic rings. The van der Waals surface area contributed by atoms with E-state index in [0.29, 0.717) is 11.4 Å². The van der Waals surface area contributed by atoms with Gasteiger partial charge in [0.05, 0.1) is 16.1 Å². The van der Waals surface area contributed by atoms with Gasteiger partial charge < -0.3 is 0 Å². The lowest BCUT2D eigenvalue weighted by atomic mass is 10.2. The first kappa shape index (κ1) is 9.98. The van der Waals surface area contributed by atoms with Gasteiger partial charge in [-0.1, -0.05) is 6.07 Å². The van der Waals surface area contributed by atoms with Crippen molar-refractivity contribution in [3.05, 3.63) is 35.0 Å². The summed E-state index contributed by atoms with van der Waals surface area (Å²) in [5, 5.41) is 1.98. The average molecular weight is 218 g/mol. The maximum atomic E-state index is 11.2. The molecule has 0 aliphatic heterocycles. The van der Waals surface area contributed by atoms with Crippen LogP contribution in [0, 0.1) is 6.92 Å². The molecule has 3 nitrogen and oxygen atoms in total. The van der Waals surface area contributed by atoms with Gasteiger partial charge in [0.15, 0.2) is 11.6 Å². The lowest BCUT2D eigenvalue weighted by Gasteiger charge is -2.02. The number of nitrogens with zero attached hydrogens (tertiary/aromatic N) is 2. The fraction of sp³-hybridized carbons (Fsp3) is 0.182. The highest BCUT2D eigenvalue weighted by Crippen LogP contribution is 2.21. The summed E-state index contributed by atoms with van der Waals surface area (Å²) in [6, 6.07) is 3.92. The zero-order valence-corrected chi connectivity index (χ0v) is 9.34. The topological polar surface area (TPSA) is 42.9 Å². The van der Waals surface area contributed by atoms with Crippen molar-refractivity contribution in [1.82, 2.24) is 9.97 Å². The van der Waals surface area contributed by atoms with Crippen LogP contribution < -0.4 is 0 Å². The smallest absolute Gasteiger partial charge is 0.169 e. The molecule has 0 aromatic carbocycles. The third kappa shape index (κ3) is 1.94. The maximum absolute atomic E-state index is 11.2. The number of ketones is 1. The number of rotatable bonds is 2. The molecular weight excluding hydrogens is 208 g/mol. The highest BCUT2D eigenvalue weighted by molar-refractivity contribution is 7.13. The minimum atomic E-state index is 0.00484. The molecule has 0 N–H and O–H groups in total. The van der Waals surface area contributed by atoms with Crippen molar-refractivity contribution in [3.8, 4) is 10.7 Å². The van der Waals surface area contributed by atoms with Gasteiger partial charge in [0.1, 0.15) is 0 Å². The Hall–Kier alpha value is -1.55. The number of aromatic nitrogens is 2. The van der Waals surface area contributed by atoms with Gasteiger partial charge >= 0.3 is 0 Å². The number of carbonyl (C=O) groups is 1. The van der Waals surface area contributed by atoms with E-state index in [9.17, 15) is 4.79 Å². The van der Waals surface area contributed by atoms with Gasteiger partial charge in [-0.3, -0.25) is 4.79 Å². The van der Waals surface area contributed by atoms with Crippen LogP contribution in [0.4, 0.5) is 0 Å². The summed E-state index contributed by atoms with van der Waals surface area (Å²) < 4.78 is 0. The largest absolute Gasteiger partial charge is 0.294 e. The molecule has 0 aliphatic rings. The fourth-order valence-corrected chi connectivity index (χ4v) is 2.00. The first-order chi connectivity index (χ1) is 7.18. The number of Topliss-reactive ketones (excluding diaryl/α,β-unsaturated/α-hetero) is 1. The lowest BCUT2D eigenvalue weighted by molar-refractivity contribution is 0.101. The van der Waals surface area contributed by atoms with Crippen LogP contribution in [-0.4, -0.2) is 15.8 Å². The second-order valence-electron chi connectivity index (χ2n) is 3.23. The minimum Gasteiger partial charge on any atom is -0.294 e. The maximum Gasteiger partial charge on any atom is 0.169 e. The first-order valence-electron chi connectivity index (χ1n) is 4.57. The standard InChI is InChI=1S/C11H10N2OS/c1-7-9(8(2)14)6-12-11(13-7)10-4-3-5-15-10/h3-6H,1-2H3. The van der Waals surface area contributed by atoms with Gasteiger partial charge in [0.25, 0.3) is 0 Å². The molecule has 0 atom stereocenters. The molecule has 0 unspecified atom stereocenters. The minimum absolute atomic E-state index is 0.00484. The molecule has 0 radical (unpaired) electrons. The highest BCUT2D eigenvalue weighted by atomic mass is 32.1. The van der Waals surface area contributed by atoms with Crippen molar-refractivity contribution in [2.24, 2.45) is 0 Å². The number of hydrogen-bond acceptors (Lipinski definition) is 4. The van der Waals surface area contributed by atoms with Crippen molar-refractivity contribution >= 4 is 17.1 Å². The van der Waals surface area contributed by atoms with Crippen LogP contribution in [0.5, 0.6) is 0 Å². The molecular formula is C11H10N2OS. The highest BCUT2D eigenvalue weighted by Gasteiger charge is 2.08. The molecule has 4 heteroatoms. The molecule has 0 saturated heterocycles. The van der Waals surface area contributed by atoms with Crippen LogP contribution in [0.25, 0.3) is 10.7 Å². The van der Waals surface area contributed by atoms with E-state index in [1.165, 1.54) is 6.92 Å². The molecule has 2 heterocycles. The van der Waals surface area contributed by atoms with Crippen LogP contribution in [0.3, 0.4) is 0 Å². The van der Waals surface area contributed by atoms with Gasteiger partial charge in [-0.25, -0.2) is 9.97 Å². The monoisotopic (exact) mass is 218 g/mol. The van der Waals surface area contributed by atoms with Crippen molar-refractivity contribution in [2.75, 3.05) is 0 Å². The quantitative estimate of drug-likeness (QED) is 0.728. The van der Waals surface area contributed by atoms with Crippen molar-refractivity contribution in [1.29, 1.82) is 0 Å². The first-order valence-corrected chi connectivity index (χ1v) is 5.45. The fourth-order valence-electron chi connectivity index (χ4n) is 1.34. The van der Waals surface area contributed by atoms with Crippen molar-refractivity contribution in [3.63, 3.8) is 0 Å². The molecule has 0 amide bonds. The summed E-state index contributed by atoms with van der Waals surface area (Å²) in [5.41, 5.74) is 1.33.